The molecule has 1 fully saturated rings. The lowest BCUT2D eigenvalue weighted by Crippen LogP contribution is -2.45. The number of benzene rings is 1. The van der Waals surface area contributed by atoms with Gasteiger partial charge >= 0.3 is 0 Å². The van der Waals surface area contributed by atoms with E-state index in [0.717, 1.165) is 5.56 Å². The van der Waals surface area contributed by atoms with Crippen LogP contribution in [0.25, 0.3) is 0 Å². The molecule has 2 rings (SSSR count). The van der Waals surface area contributed by atoms with Crippen molar-refractivity contribution < 1.29 is 13.6 Å². The summed E-state index contributed by atoms with van der Waals surface area (Å²) < 4.78 is 25.9. The fourth-order valence-electron chi connectivity index (χ4n) is 2.32. The smallest absolute Gasteiger partial charge is 0.240 e. The van der Waals surface area contributed by atoms with Crippen LogP contribution in [0.1, 0.15) is 24.8 Å². The van der Waals surface area contributed by atoms with Gasteiger partial charge in [0.05, 0.1) is 12.6 Å². The van der Waals surface area contributed by atoms with Crippen LogP contribution in [0.4, 0.5) is 8.78 Å². The van der Waals surface area contributed by atoms with Crippen molar-refractivity contribution in [1.82, 2.24) is 4.90 Å². The number of amides is 1. The van der Waals surface area contributed by atoms with Crippen LogP contribution in [0, 0.1) is 5.82 Å². The molecule has 1 aromatic rings. The second-order valence-electron chi connectivity index (χ2n) is 5.04. The molecule has 0 aliphatic carbocycles. The van der Waals surface area contributed by atoms with Crippen LogP contribution in [-0.2, 0) is 4.79 Å². The molecule has 3 atom stereocenters. The summed E-state index contributed by atoms with van der Waals surface area (Å²) in [5.41, 5.74) is 6.75. The Morgan fingerprint density at radius 1 is 1.42 bits per heavy atom. The van der Waals surface area contributed by atoms with Crippen LogP contribution in [0.2, 0.25) is 0 Å². The number of halogens is 2. The Bertz CT molecular complexity index is 449. The number of alkyl halides is 1. The van der Waals surface area contributed by atoms with E-state index in [-0.39, 0.29) is 24.2 Å². The summed E-state index contributed by atoms with van der Waals surface area (Å²) in [6.07, 6.45) is -0.569. The summed E-state index contributed by atoms with van der Waals surface area (Å²) in [6.45, 7) is 2.37. The van der Waals surface area contributed by atoms with Gasteiger partial charge < -0.3 is 10.6 Å². The van der Waals surface area contributed by atoms with E-state index in [9.17, 15) is 13.6 Å². The van der Waals surface area contributed by atoms with Gasteiger partial charge in [-0.2, -0.15) is 0 Å². The molecule has 104 valence electrons. The van der Waals surface area contributed by atoms with Crippen molar-refractivity contribution in [2.75, 3.05) is 13.1 Å². The Kier molecular flexibility index (Phi) is 4.14. The van der Waals surface area contributed by atoms with Gasteiger partial charge in [-0.25, -0.2) is 8.78 Å². The number of rotatable bonds is 3. The van der Waals surface area contributed by atoms with Crippen LogP contribution in [-0.4, -0.2) is 36.1 Å². The molecule has 1 aromatic carbocycles. The van der Waals surface area contributed by atoms with Crippen molar-refractivity contribution in [1.29, 1.82) is 0 Å². The average molecular weight is 268 g/mol. The standard InChI is InChI=1S/C14H18F2N2O/c1-9(10-2-4-11(15)5-3-10)13(17)14(19)18-7-6-12(16)8-18/h2-5,9,12-13H,6-8,17H2,1H3/t9-,12-,13?/m0/s1. The number of carbonyl (C=O) groups is 1. The van der Waals surface area contributed by atoms with Crippen LogP contribution >= 0.6 is 0 Å². The summed E-state index contributed by atoms with van der Waals surface area (Å²) in [4.78, 5) is 13.6. The van der Waals surface area contributed by atoms with E-state index >= 15 is 0 Å². The first-order chi connectivity index (χ1) is 8.99. The maximum atomic E-state index is 13.1. The van der Waals surface area contributed by atoms with Crippen molar-refractivity contribution in [3.8, 4) is 0 Å². The minimum absolute atomic E-state index is 0.128. The minimum Gasteiger partial charge on any atom is -0.338 e. The molecule has 1 heterocycles. The summed E-state index contributed by atoms with van der Waals surface area (Å²) in [5.74, 6) is -0.792. The molecule has 3 nitrogen and oxygen atoms in total. The highest BCUT2D eigenvalue weighted by Crippen LogP contribution is 2.21. The maximum absolute atomic E-state index is 13.1. The fourth-order valence-corrected chi connectivity index (χ4v) is 2.32. The molecule has 5 heteroatoms. The van der Waals surface area contributed by atoms with E-state index in [0.29, 0.717) is 13.0 Å². The third-order valence-corrected chi connectivity index (χ3v) is 3.66. The summed E-state index contributed by atoms with van der Waals surface area (Å²) >= 11 is 0. The number of nitrogens with two attached hydrogens (primary N) is 1. The van der Waals surface area contributed by atoms with Gasteiger partial charge in [-0.3, -0.25) is 4.79 Å². The Morgan fingerprint density at radius 2 is 2.05 bits per heavy atom. The van der Waals surface area contributed by atoms with E-state index in [4.69, 9.17) is 5.73 Å². The lowest BCUT2D eigenvalue weighted by Gasteiger charge is -2.24. The van der Waals surface area contributed by atoms with Gasteiger partial charge in [-0.1, -0.05) is 19.1 Å². The van der Waals surface area contributed by atoms with Crippen molar-refractivity contribution in [2.45, 2.75) is 31.5 Å². The highest BCUT2D eigenvalue weighted by molar-refractivity contribution is 5.83. The molecule has 1 aliphatic heterocycles. The van der Waals surface area contributed by atoms with E-state index in [1.807, 2.05) is 6.92 Å². The number of carbonyl (C=O) groups excluding carboxylic acids is 1. The minimum atomic E-state index is -0.947. The lowest BCUT2D eigenvalue weighted by molar-refractivity contribution is -0.132. The van der Waals surface area contributed by atoms with E-state index in [2.05, 4.69) is 0 Å². The first kappa shape index (κ1) is 13.9. The molecule has 1 amide bonds. The summed E-state index contributed by atoms with van der Waals surface area (Å²) in [5, 5.41) is 0. The highest BCUT2D eigenvalue weighted by atomic mass is 19.1. The monoisotopic (exact) mass is 268 g/mol. The molecule has 19 heavy (non-hydrogen) atoms. The van der Waals surface area contributed by atoms with Gasteiger partial charge in [0.25, 0.3) is 0 Å². The summed E-state index contributed by atoms with van der Waals surface area (Å²) in [7, 11) is 0. The van der Waals surface area contributed by atoms with Crippen molar-refractivity contribution in [3.05, 3.63) is 35.6 Å². The van der Waals surface area contributed by atoms with Crippen LogP contribution in [0.5, 0.6) is 0 Å². The summed E-state index contributed by atoms with van der Waals surface area (Å²) in [6, 6.07) is 5.20. The average Bonchev–Trinajstić information content (AvgIpc) is 2.84. The maximum Gasteiger partial charge on any atom is 0.240 e. The Labute approximate surface area is 111 Å². The molecule has 1 aliphatic rings. The van der Waals surface area contributed by atoms with Crippen LogP contribution < -0.4 is 5.73 Å². The zero-order valence-electron chi connectivity index (χ0n) is 10.9. The topological polar surface area (TPSA) is 46.3 Å². The molecule has 1 unspecified atom stereocenters. The first-order valence-corrected chi connectivity index (χ1v) is 6.43. The van der Waals surface area contributed by atoms with Gasteiger partial charge in [0.1, 0.15) is 12.0 Å². The van der Waals surface area contributed by atoms with Gasteiger partial charge in [0.15, 0.2) is 0 Å². The number of nitrogens with zero attached hydrogens (tertiary/aromatic N) is 1. The zero-order valence-corrected chi connectivity index (χ0v) is 10.9. The third kappa shape index (κ3) is 3.10. The molecule has 0 spiro atoms. The van der Waals surface area contributed by atoms with Gasteiger partial charge in [-0.15, -0.1) is 0 Å². The van der Waals surface area contributed by atoms with Gasteiger partial charge in [0.2, 0.25) is 5.91 Å². The third-order valence-electron chi connectivity index (χ3n) is 3.66. The predicted molar refractivity (Wildman–Crippen MR) is 68.9 cm³/mol. The quantitative estimate of drug-likeness (QED) is 0.909. The molecule has 0 aromatic heterocycles. The molecule has 2 N–H and O–H groups in total. The Morgan fingerprint density at radius 3 is 2.58 bits per heavy atom. The van der Waals surface area contributed by atoms with Gasteiger partial charge in [0, 0.05) is 12.5 Å². The molecular formula is C14H18F2N2O. The predicted octanol–water partition coefficient (Wildman–Crippen LogP) is 1.83. The number of likely N-dealkylation sites (tertiary alicyclic amines) is 1. The Hall–Kier alpha value is -1.49. The van der Waals surface area contributed by atoms with Crippen LogP contribution in [0.3, 0.4) is 0 Å². The van der Waals surface area contributed by atoms with E-state index in [1.165, 1.54) is 17.0 Å². The molecule has 1 saturated heterocycles. The molecule has 0 bridgehead atoms. The molecular weight excluding hydrogens is 250 g/mol. The molecule has 0 saturated carbocycles. The second-order valence-corrected chi connectivity index (χ2v) is 5.04. The largest absolute Gasteiger partial charge is 0.338 e. The van der Waals surface area contributed by atoms with E-state index < -0.39 is 12.2 Å². The van der Waals surface area contributed by atoms with Gasteiger partial charge in [-0.05, 0) is 24.1 Å². The first-order valence-electron chi connectivity index (χ1n) is 6.43. The number of hydrogen-bond acceptors (Lipinski definition) is 2. The normalized spacial score (nSPS) is 22.3. The SMILES string of the molecule is C[C@@H](c1ccc(F)cc1)C(N)C(=O)N1CC[C@H](F)C1. The fraction of sp³-hybridized carbons (Fsp3) is 0.500. The van der Waals surface area contributed by atoms with Crippen molar-refractivity contribution >= 4 is 5.91 Å². The van der Waals surface area contributed by atoms with E-state index in [1.54, 1.807) is 12.1 Å². The lowest BCUT2D eigenvalue weighted by atomic mass is 9.93. The van der Waals surface area contributed by atoms with Crippen LogP contribution in [0.15, 0.2) is 24.3 Å². The van der Waals surface area contributed by atoms with Crippen molar-refractivity contribution in [3.63, 3.8) is 0 Å². The zero-order chi connectivity index (χ0) is 14.0. The Balaban J connectivity index is 2.04. The van der Waals surface area contributed by atoms with Crippen molar-refractivity contribution in [2.24, 2.45) is 5.73 Å². The number of hydrogen-bond donors (Lipinski definition) is 1. The highest BCUT2D eigenvalue weighted by Gasteiger charge is 2.31. The molecule has 0 radical (unpaired) electrons. The second kappa shape index (κ2) is 5.65.